The fourth-order valence-electron chi connectivity index (χ4n) is 1.89. The molecule has 0 saturated carbocycles. The van der Waals surface area contributed by atoms with Gasteiger partial charge < -0.3 is 29.4 Å². The quantitative estimate of drug-likeness (QED) is 0.381. The van der Waals surface area contributed by atoms with Crippen LogP contribution in [-0.4, -0.2) is 62.5 Å². The van der Waals surface area contributed by atoms with Crippen molar-refractivity contribution in [3.05, 3.63) is 22.1 Å². The summed E-state index contributed by atoms with van der Waals surface area (Å²) < 4.78 is 1.93. The molecular weight excluding hydrogens is 240 g/mol. The molecule has 0 aromatic carbocycles. The maximum absolute atomic E-state index is 10.9. The summed E-state index contributed by atoms with van der Waals surface area (Å²) in [5, 5.41) is 29.0. The topological polar surface area (TPSA) is 101 Å². The summed E-state index contributed by atoms with van der Waals surface area (Å²) in [7, 11) is 3.53. The van der Waals surface area contributed by atoms with Crippen molar-refractivity contribution in [1.29, 1.82) is 0 Å². The lowest BCUT2D eigenvalue weighted by molar-refractivity contribution is -0.923. The number of hydrogen-bond donors (Lipinski definition) is 2. The Morgan fingerprint density at radius 2 is 2.00 bits per heavy atom. The summed E-state index contributed by atoms with van der Waals surface area (Å²) in [6.07, 6.45) is 1.40. The molecule has 0 aliphatic heterocycles. The van der Waals surface area contributed by atoms with Crippen molar-refractivity contribution in [2.24, 2.45) is 7.05 Å². The zero-order valence-electron chi connectivity index (χ0n) is 10.6. The zero-order chi connectivity index (χ0) is 13.8. The second-order valence-electron chi connectivity index (χ2n) is 4.55. The summed E-state index contributed by atoms with van der Waals surface area (Å²) in [6.45, 7) is 1.10. The van der Waals surface area contributed by atoms with Crippen molar-refractivity contribution < 1.29 is 19.6 Å². The van der Waals surface area contributed by atoms with Crippen LogP contribution in [0.15, 0.2) is 6.33 Å². The molecule has 0 unspecified atom stereocenters. The Hall–Kier alpha value is -1.51. The van der Waals surface area contributed by atoms with Gasteiger partial charge in [0, 0.05) is 7.05 Å². The Kier molecular flexibility index (Phi) is 4.76. The maximum atomic E-state index is 10.9. The van der Waals surface area contributed by atoms with E-state index in [0.717, 1.165) is 0 Å². The number of aliphatic hydroxyl groups excluding tert-OH is 2. The highest BCUT2D eigenvalue weighted by Gasteiger charge is 2.29. The van der Waals surface area contributed by atoms with Gasteiger partial charge in [-0.2, -0.15) is 0 Å². The molecule has 0 bridgehead atoms. The lowest BCUT2D eigenvalue weighted by Crippen LogP contribution is -2.47. The van der Waals surface area contributed by atoms with E-state index in [9.17, 15) is 10.1 Å². The standard InChI is InChI=1S/C10H19N4O4/c1-12-8-11-10(13(17)18)9(12)7-14(2,3-5-15)4-6-16/h8,15-16H,3-7H2,1-2H3/q+1. The highest BCUT2D eigenvalue weighted by Crippen LogP contribution is 2.20. The van der Waals surface area contributed by atoms with Crippen molar-refractivity contribution in [3.63, 3.8) is 0 Å². The average molecular weight is 259 g/mol. The molecule has 0 saturated heterocycles. The predicted molar refractivity (Wildman–Crippen MR) is 63.7 cm³/mol. The molecule has 18 heavy (non-hydrogen) atoms. The largest absolute Gasteiger partial charge is 0.391 e. The van der Waals surface area contributed by atoms with Crippen LogP contribution in [0.3, 0.4) is 0 Å². The third kappa shape index (κ3) is 3.25. The zero-order valence-corrected chi connectivity index (χ0v) is 10.6. The number of hydrogen-bond acceptors (Lipinski definition) is 5. The monoisotopic (exact) mass is 259 g/mol. The number of quaternary nitrogens is 1. The number of rotatable bonds is 7. The van der Waals surface area contributed by atoms with Gasteiger partial charge in [-0.3, -0.25) is 0 Å². The molecule has 0 aliphatic carbocycles. The Balaban J connectivity index is 2.99. The van der Waals surface area contributed by atoms with E-state index in [2.05, 4.69) is 4.98 Å². The number of nitro groups is 1. The van der Waals surface area contributed by atoms with Crippen molar-refractivity contribution in [1.82, 2.24) is 9.55 Å². The molecule has 0 fully saturated rings. The summed E-state index contributed by atoms with van der Waals surface area (Å²) in [4.78, 5) is 14.1. The van der Waals surface area contributed by atoms with Crippen LogP contribution < -0.4 is 0 Å². The fourth-order valence-corrected chi connectivity index (χ4v) is 1.89. The van der Waals surface area contributed by atoms with Gasteiger partial charge >= 0.3 is 5.82 Å². The molecular formula is C10H19N4O4+. The van der Waals surface area contributed by atoms with E-state index in [1.54, 1.807) is 11.6 Å². The molecule has 1 rings (SSSR count). The molecule has 1 aromatic rings. The maximum Gasteiger partial charge on any atom is 0.390 e. The molecule has 0 atom stereocenters. The minimum atomic E-state index is -0.516. The molecule has 0 spiro atoms. The van der Waals surface area contributed by atoms with Crippen LogP contribution in [0.25, 0.3) is 0 Å². The number of aryl methyl sites for hydroxylation is 1. The van der Waals surface area contributed by atoms with Crippen molar-refractivity contribution in [2.45, 2.75) is 6.54 Å². The summed E-state index contributed by atoms with van der Waals surface area (Å²) in [5.74, 6) is -0.169. The van der Waals surface area contributed by atoms with Gasteiger partial charge in [0.15, 0.2) is 5.69 Å². The van der Waals surface area contributed by atoms with Gasteiger partial charge in [0.2, 0.25) is 6.33 Å². The first kappa shape index (κ1) is 14.6. The van der Waals surface area contributed by atoms with Crippen LogP contribution >= 0.6 is 0 Å². The van der Waals surface area contributed by atoms with Gasteiger partial charge in [0.1, 0.15) is 19.6 Å². The third-order valence-corrected chi connectivity index (χ3v) is 3.02. The van der Waals surface area contributed by atoms with Gasteiger partial charge in [-0.1, -0.05) is 0 Å². The van der Waals surface area contributed by atoms with E-state index in [1.807, 2.05) is 7.05 Å². The summed E-state index contributed by atoms with van der Waals surface area (Å²) in [6, 6.07) is 0. The Labute approximate surface area is 105 Å². The van der Waals surface area contributed by atoms with Crippen molar-refractivity contribution >= 4 is 5.82 Å². The smallest absolute Gasteiger partial charge is 0.390 e. The van der Waals surface area contributed by atoms with E-state index in [4.69, 9.17) is 10.2 Å². The first-order chi connectivity index (χ1) is 8.43. The van der Waals surface area contributed by atoms with Gasteiger partial charge in [-0.25, -0.2) is 0 Å². The first-order valence-corrected chi connectivity index (χ1v) is 5.63. The highest BCUT2D eigenvalue weighted by molar-refractivity contribution is 5.26. The van der Waals surface area contributed by atoms with E-state index in [0.29, 0.717) is 29.8 Å². The summed E-state index contributed by atoms with van der Waals surface area (Å²) >= 11 is 0. The lowest BCUT2D eigenvalue weighted by Gasteiger charge is -2.32. The Morgan fingerprint density at radius 3 is 2.44 bits per heavy atom. The first-order valence-electron chi connectivity index (χ1n) is 5.63. The van der Waals surface area contributed by atoms with Crippen LogP contribution in [0.2, 0.25) is 0 Å². The number of aliphatic hydroxyl groups is 2. The molecule has 0 aliphatic rings. The Morgan fingerprint density at radius 1 is 1.44 bits per heavy atom. The molecule has 8 heteroatoms. The average Bonchev–Trinajstić information content (AvgIpc) is 2.61. The lowest BCUT2D eigenvalue weighted by atomic mass is 10.3. The SMILES string of the molecule is Cn1cnc([N+](=O)[O-])c1C[N+](C)(CCO)CCO. The van der Waals surface area contributed by atoms with Crippen LogP contribution in [0.5, 0.6) is 0 Å². The number of imidazole rings is 1. The minimum absolute atomic E-state index is 0.0395. The normalized spacial score (nSPS) is 11.8. The van der Waals surface area contributed by atoms with Gasteiger partial charge in [0.25, 0.3) is 0 Å². The van der Waals surface area contributed by atoms with E-state index >= 15 is 0 Å². The number of likely N-dealkylation sites (N-methyl/N-ethyl adjacent to an activating group) is 1. The molecule has 1 aromatic heterocycles. The predicted octanol–water partition coefficient (Wildman–Crippen LogP) is -0.740. The second-order valence-corrected chi connectivity index (χ2v) is 4.55. The van der Waals surface area contributed by atoms with Gasteiger partial charge in [-0.15, -0.1) is 0 Å². The highest BCUT2D eigenvalue weighted by atomic mass is 16.6. The second kappa shape index (κ2) is 5.89. The number of aromatic nitrogens is 2. The van der Waals surface area contributed by atoms with Crippen LogP contribution in [-0.2, 0) is 13.6 Å². The molecule has 1 heterocycles. The van der Waals surface area contributed by atoms with E-state index in [1.165, 1.54) is 6.33 Å². The Bertz CT molecular complexity index is 412. The van der Waals surface area contributed by atoms with Crippen LogP contribution in [0, 0.1) is 10.1 Å². The summed E-state index contributed by atoms with van der Waals surface area (Å²) in [5.41, 5.74) is 0.490. The number of nitrogens with zero attached hydrogens (tertiary/aromatic N) is 4. The van der Waals surface area contributed by atoms with Gasteiger partial charge in [0.05, 0.1) is 20.3 Å². The molecule has 2 N–H and O–H groups in total. The molecule has 8 nitrogen and oxygen atoms in total. The van der Waals surface area contributed by atoms with Crippen molar-refractivity contribution in [2.75, 3.05) is 33.4 Å². The van der Waals surface area contributed by atoms with Crippen LogP contribution in [0.1, 0.15) is 5.69 Å². The third-order valence-electron chi connectivity index (χ3n) is 3.02. The van der Waals surface area contributed by atoms with Gasteiger partial charge in [-0.05, 0) is 9.91 Å². The minimum Gasteiger partial charge on any atom is -0.391 e. The van der Waals surface area contributed by atoms with E-state index < -0.39 is 4.92 Å². The van der Waals surface area contributed by atoms with Crippen LogP contribution in [0.4, 0.5) is 5.82 Å². The molecule has 0 amide bonds. The molecule has 0 radical (unpaired) electrons. The van der Waals surface area contributed by atoms with E-state index in [-0.39, 0.29) is 19.0 Å². The molecule has 102 valence electrons. The van der Waals surface area contributed by atoms with Crippen molar-refractivity contribution in [3.8, 4) is 0 Å². The fraction of sp³-hybridized carbons (Fsp3) is 0.700.